The van der Waals surface area contributed by atoms with Crippen molar-refractivity contribution in [2.75, 3.05) is 32.7 Å². The Morgan fingerprint density at radius 3 is 2.75 bits per heavy atom. The van der Waals surface area contributed by atoms with Gasteiger partial charge in [-0.15, -0.1) is 0 Å². The summed E-state index contributed by atoms with van der Waals surface area (Å²) in [4.78, 5) is 40.1. The summed E-state index contributed by atoms with van der Waals surface area (Å²) in [6, 6.07) is 5.02. The van der Waals surface area contributed by atoms with E-state index < -0.39 is 6.04 Å². The smallest absolute Gasteiger partial charge is 0.255 e. The van der Waals surface area contributed by atoms with Gasteiger partial charge in [0.2, 0.25) is 11.8 Å². The van der Waals surface area contributed by atoms with Crippen molar-refractivity contribution in [2.24, 2.45) is 0 Å². The molecule has 0 aliphatic carbocycles. The van der Waals surface area contributed by atoms with Crippen LogP contribution in [0.3, 0.4) is 0 Å². The first kappa shape index (κ1) is 18.7. The van der Waals surface area contributed by atoms with Crippen molar-refractivity contribution in [2.45, 2.75) is 31.8 Å². The maximum Gasteiger partial charge on any atom is 0.255 e. The molecule has 7 nitrogen and oxygen atoms in total. The van der Waals surface area contributed by atoms with Gasteiger partial charge in [0.25, 0.3) is 5.91 Å². The van der Waals surface area contributed by atoms with Crippen LogP contribution in [-0.4, -0.2) is 66.3 Å². The molecule has 0 saturated carbocycles. The average molecular weight is 380 g/mol. The van der Waals surface area contributed by atoms with E-state index in [-0.39, 0.29) is 24.1 Å². The van der Waals surface area contributed by atoms with Crippen LogP contribution in [0.5, 0.6) is 0 Å². The summed E-state index contributed by atoms with van der Waals surface area (Å²) in [5.74, 6) is 5.61. The second-order valence-corrected chi connectivity index (χ2v) is 7.42. The third-order valence-corrected chi connectivity index (χ3v) is 5.52. The summed E-state index contributed by atoms with van der Waals surface area (Å²) >= 11 is 0. The Bertz CT molecular complexity index is 864. The molecule has 1 atom stereocenters. The fourth-order valence-corrected chi connectivity index (χ4v) is 3.97. The minimum absolute atomic E-state index is 0.150. The molecular weight excluding hydrogens is 356 g/mol. The fraction of sp³-hybridized carbons (Fsp3) is 0.476. The summed E-state index contributed by atoms with van der Waals surface area (Å²) in [6.45, 7) is 5.57. The minimum atomic E-state index is -0.578. The number of hydrogen-bond acceptors (Lipinski definition) is 5. The highest BCUT2D eigenvalue weighted by Gasteiger charge is 2.38. The molecule has 4 rings (SSSR count). The molecule has 0 aromatic heterocycles. The van der Waals surface area contributed by atoms with E-state index in [1.54, 1.807) is 11.0 Å². The monoisotopic (exact) mass is 380 g/mol. The minimum Gasteiger partial charge on any atom is -0.322 e. The number of nitrogens with one attached hydrogen (secondary N) is 2. The second-order valence-electron chi connectivity index (χ2n) is 7.42. The van der Waals surface area contributed by atoms with Crippen molar-refractivity contribution in [3.8, 4) is 11.8 Å². The number of carbonyl (C=O) groups excluding carboxylic acids is 3. The largest absolute Gasteiger partial charge is 0.322 e. The van der Waals surface area contributed by atoms with Gasteiger partial charge in [-0.3, -0.25) is 24.6 Å². The Morgan fingerprint density at radius 2 is 1.96 bits per heavy atom. The van der Waals surface area contributed by atoms with Gasteiger partial charge in [0.1, 0.15) is 6.04 Å². The lowest BCUT2D eigenvalue weighted by Gasteiger charge is -2.29. The normalized spacial score (nSPS) is 22.5. The van der Waals surface area contributed by atoms with Gasteiger partial charge in [0, 0.05) is 63.2 Å². The topological polar surface area (TPSA) is 81.8 Å². The SMILES string of the molecule is O=C1CCC(N2Cc3cc(C#CCCN4CCNCC4)ccc3C2=O)C(=O)N1. The lowest BCUT2D eigenvalue weighted by Crippen LogP contribution is -2.52. The maximum atomic E-state index is 12.7. The van der Waals surface area contributed by atoms with Crippen molar-refractivity contribution in [3.63, 3.8) is 0 Å². The predicted molar refractivity (Wildman–Crippen MR) is 103 cm³/mol. The zero-order valence-corrected chi connectivity index (χ0v) is 15.8. The molecule has 28 heavy (non-hydrogen) atoms. The summed E-state index contributed by atoms with van der Waals surface area (Å²) in [7, 11) is 0. The van der Waals surface area contributed by atoms with E-state index in [0.29, 0.717) is 18.5 Å². The molecule has 7 heteroatoms. The number of hydrogen-bond donors (Lipinski definition) is 2. The molecule has 1 unspecified atom stereocenters. The van der Waals surface area contributed by atoms with Gasteiger partial charge in [-0.2, -0.15) is 0 Å². The van der Waals surface area contributed by atoms with Gasteiger partial charge in [-0.1, -0.05) is 11.8 Å². The fourth-order valence-electron chi connectivity index (χ4n) is 3.97. The molecule has 3 amide bonds. The van der Waals surface area contributed by atoms with Crippen LogP contribution in [0.1, 0.15) is 40.7 Å². The quantitative estimate of drug-likeness (QED) is 0.574. The first-order valence-electron chi connectivity index (χ1n) is 9.81. The predicted octanol–water partition coefficient (Wildman–Crippen LogP) is 0.0944. The molecule has 3 heterocycles. The van der Waals surface area contributed by atoms with Crippen LogP contribution in [0, 0.1) is 11.8 Å². The second kappa shape index (κ2) is 8.13. The van der Waals surface area contributed by atoms with E-state index in [2.05, 4.69) is 27.4 Å². The number of rotatable bonds is 3. The van der Waals surface area contributed by atoms with Gasteiger partial charge in [-0.25, -0.2) is 0 Å². The Balaban J connectivity index is 1.39. The van der Waals surface area contributed by atoms with Crippen LogP contribution >= 0.6 is 0 Å². The van der Waals surface area contributed by atoms with E-state index in [1.807, 2.05) is 12.1 Å². The first-order chi connectivity index (χ1) is 13.6. The average Bonchev–Trinajstić information content (AvgIpc) is 3.02. The number of fused-ring (bicyclic) bond motifs is 1. The highest BCUT2D eigenvalue weighted by molar-refractivity contribution is 6.05. The number of piperidine rings is 1. The standard InChI is InChI=1S/C21H24N4O3/c26-19-7-6-18(20(27)23-19)25-14-16-13-15(4-5-17(16)21(25)28)3-1-2-10-24-11-8-22-9-12-24/h4-5,13,18,22H,2,6-12,14H2,(H,23,26,27). The molecule has 0 bridgehead atoms. The number of imide groups is 1. The van der Waals surface area contributed by atoms with E-state index >= 15 is 0 Å². The molecule has 146 valence electrons. The van der Waals surface area contributed by atoms with Gasteiger partial charge >= 0.3 is 0 Å². The number of carbonyl (C=O) groups is 3. The summed E-state index contributed by atoms with van der Waals surface area (Å²) < 4.78 is 0. The zero-order valence-electron chi connectivity index (χ0n) is 15.8. The van der Waals surface area contributed by atoms with Crippen molar-refractivity contribution < 1.29 is 14.4 Å². The molecule has 2 fully saturated rings. The molecule has 3 aliphatic heterocycles. The van der Waals surface area contributed by atoms with Crippen LogP contribution in [0.2, 0.25) is 0 Å². The highest BCUT2D eigenvalue weighted by Crippen LogP contribution is 2.28. The van der Waals surface area contributed by atoms with Crippen LogP contribution in [-0.2, 0) is 16.1 Å². The molecule has 1 aromatic carbocycles. The van der Waals surface area contributed by atoms with E-state index in [9.17, 15) is 14.4 Å². The third-order valence-electron chi connectivity index (χ3n) is 5.52. The van der Waals surface area contributed by atoms with Crippen LogP contribution in [0.25, 0.3) is 0 Å². The maximum absolute atomic E-state index is 12.7. The van der Waals surface area contributed by atoms with Crippen LogP contribution in [0.4, 0.5) is 0 Å². The molecule has 2 saturated heterocycles. The van der Waals surface area contributed by atoms with E-state index in [4.69, 9.17) is 0 Å². The van der Waals surface area contributed by atoms with Gasteiger partial charge in [0.05, 0.1) is 0 Å². The zero-order chi connectivity index (χ0) is 19.5. The lowest BCUT2D eigenvalue weighted by molar-refractivity contribution is -0.136. The third kappa shape index (κ3) is 3.93. The van der Waals surface area contributed by atoms with E-state index in [1.165, 1.54) is 0 Å². The Morgan fingerprint density at radius 1 is 1.14 bits per heavy atom. The molecule has 2 N–H and O–H groups in total. The summed E-state index contributed by atoms with van der Waals surface area (Å²) in [6.07, 6.45) is 1.46. The van der Waals surface area contributed by atoms with Crippen molar-refractivity contribution in [1.29, 1.82) is 0 Å². The molecule has 0 spiro atoms. The van der Waals surface area contributed by atoms with Crippen molar-refractivity contribution in [3.05, 3.63) is 34.9 Å². The highest BCUT2D eigenvalue weighted by atomic mass is 16.2. The Labute approximate surface area is 164 Å². The van der Waals surface area contributed by atoms with Crippen molar-refractivity contribution >= 4 is 17.7 Å². The van der Waals surface area contributed by atoms with Crippen molar-refractivity contribution in [1.82, 2.24) is 20.4 Å². The first-order valence-corrected chi connectivity index (χ1v) is 9.81. The molecule has 3 aliphatic rings. The van der Waals surface area contributed by atoms with Gasteiger partial charge in [-0.05, 0) is 30.2 Å². The summed E-state index contributed by atoms with van der Waals surface area (Å²) in [5, 5.41) is 5.66. The molecular formula is C21H24N4O3. The molecule has 1 aromatic rings. The van der Waals surface area contributed by atoms with Gasteiger partial charge in [0.15, 0.2) is 0 Å². The number of nitrogens with zero attached hydrogens (tertiary/aromatic N) is 2. The number of benzene rings is 1. The van der Waals surface area contributed by atoms with Crippen LogP contribution < -0.4 is 10.6 Å². The Hall–Kier alpha value is -2.69. The number of amides is 3. The Kier molecular flexibility index (Phi) is 5.42. The number of piperazine rings is 1. The van der Waals surface area contributed by atoms with E-state index in [0.717, 1.165) is 50.3 Å². The lowest BCUT2D eigenvalue weighted by atomic mass is 10.0. The molecule has 0 radical (unpaired) electrons. The van der Waals surface area contributed by atoms with Crippen LogP contribution in [0.15, 0.2) is 18.2 Å². The van der Waals surface area contributed by atoms with Gasteiger partial charge < -0.3 is 10.2 Å². The summed E-state index contributed by atoms with van der Waals surface area (Å²) in [5.41, 5.74) is 2.40.